The van der Waals surface area contributed by atoms with Crippen molar-refractivity contribution in [2.24, 2.45) is 5.92 Å². The maximum Gasteiger partial charge on any atom is 0.220 e. The first-order chi connectivity index (χ1) is 14.6. The Kier molecular flexibility index (Phi) is 6.29. The van der Waals surface area contributed by atoms with E-state index in [1.165, 1.54) is 16.5 Å². The van der Waals surface area contributed by atoms with Gasteiger partial charge in [0, 0.05) is 43.7 Å². The molecule has 5 heteroatoms. The van der Waals surface area contributed by atoms with Crippen molar-refractivity contribution in [3.63, 3.8) is 0 Å². The van der Waals surface area contributed by atoms with Crippen LogP contribution in [0.5, 0.6) is 0 Å². The third kappa shape index (κ3) is 4.79. The number of nitrogens with zero attached hydrogens (tertiary/aromatic N) is 2. The van der Waals surface area contributed by atoms with Gasteiger partial charge in [0.15, 0.2) is 0 Å². The van der Waals surface area contributed by atoms with Crippen LogP contribution in [0, 0.1) is 5.92 Å². The summed E-state index contributed by atoms with van der Waals surface area (Å²) >= 11 is 0. The molecule has 2 aromatic carbocycles. The number of aromatic nitrogens is 1. The second-order valence-corrected chi connectivity index (χ2v) is 8.22. The molecule has 2 atom stereocenters. The van der Waals surface area contributed by atoms with E-state index in [-0.39, 0.29) is 17.9 Å². The molecular formula is C25H29N3O2. The summed E-state index contributed by atoms with van der Waals surface area (Å²) in [5.74, 6) is 0.367. The van der Waals surface area contributed by atoms with Gasteiger partial charge >= 0.3 is 0 Å². The molecule has 0 bridgehead atoms. The summed E-state index contributed by atoms with van der Waals surface area (Å²) in [6, 6.07) is 18.7. The van der Waals surface area contributed by atoms with Gasteiger partial charge in [-0.2, -0.15) is 0 Å². The van der Waals surface area contributed by atoms with E-state index in [0.717, 1.165) is 24.0 Å². The number of nitrogens with one attached hydrogen (secondary N) is 1. The van der Waals surface area contributed by atoms with Gasteiger partial charge in [0.25, 0.3) is 0 Å². The lowest BCUT2D eigenvalue weighted by Gasteiger charge is -2.20. The van der Waals surface area contributed by atoms with Crippen LogP contribution in [0.2, 0.25) is 0 Å². The number of hydrogen-bond donors (Lipinski definition) is 1. The molecule has 3 aromatic rings. The van der Waals surface area contributed by atoms with Crippen LogP contribution in [0.15, 0.2) is 60.8 Å². The lowest BCUT2D eigenvalue weighted by Crippen LogP contribution is -2.40. The number of para-hydroxylation sites is 1. The van der Waals surface area contributed by atoms with Gasteiger partial charge < -0.3 is 15.0 Å². The van der Waals surface area contributed by atoms with E-state index >= 15 is 0 Å². The zero-order valence-electron chi connectivity index (χ0n) is 17.7. The average Bonchev–Trinajstić information content (AvgIpc) is 3.19. The van der Waals surface area contributed by atoms with Crippen molar-refractivity contribution >= 4 is 22.5 Å². The zero-order valence-corrected chi connectivity index (χ0v) is 17.7. The van der Waals surface area contributed by atoms with Crippen LogP contribution in [0.1, 0.15) is 17.5 Å². The van der Waals surface area contributed by atoms with Gasteiger partial charge in [-0.05, 0) is 48.2 Å². The number of aryl methyl sites for hydroxylation is 1. The highest BCUT2D eigenvalue weighted by atomic mass is 16.5. The Morgan fingerprint density at radius 1 is 1.10 bits per heavy atom. The van der Waals surface area contributed by atoms with E-state index in [1.54, 1.807) is 0 Å². The fourth-order valence-electron chi connectivity index (χ4n) is 4.07. The van der Waals surface area contributed by atoms with Crippen molar-refractivity contribution in [3.05, 3.63) is 71.9 Å². The molecule has 1 aromatic heterocycles. The molecule has 1 fully saturated rings. The van der Waals surface area contributed by atoms with Crippen LogP contribution < -0.4 is 10.2 Å². The van der Waals surface area contributed by atoms with E-state index in [0.29, 0.717) is 19.6 Å². The third-order valence-electron chi connectivity index (χ3n) is 5.86. The molecule has 0 radical (unpaired) electrons. The number of amides is 1. The molecular weight excluding hydrogens is 374 g/mol. The van der Waals surface area contributed by atoms with Crippen LogP contribution >= 0.6 is 0 Å². The first kappa shape index (κ1) is 20.4. The monoisotopic (exact) mass is 403 g/mol. The van der Waals surface area contributed by atoms with Crippen LogP contribution in [0.4, 0.5) is 5.69 Å². The zero-order chi connectivity index (χ0) is 20.9. The molecule has 1 amide bonds. The van der Waals surface area contributed by atoms with Gasteiger partial charge in [-0.25, -0.2) is 0 Å². The van der Waals surface area contributed by atoms with Gasteiger partial charge in [0.2, 0.25) is 5.91 Å². The molecule has 4 rings (SSSR count). The molecule has 0 saturated carbocycles. The Morgan fingerprint density at radius 2 is 1.90 bits per heavy atom. The number of ether oxygens (including phenoxy) is 1. The second kappa shape index (κ2) is 9.26. The molecule has 1 aliphatic heterocycles. The number of carbonyl (C=O) groups is 1. The predicted molar refractivity (Wildman–Crippen MR) is 121 cm³/mol. The number of rotatable bonds is 7. The summed E-state index contributed by atoms with van der Waals surface area (Å²) in [6.07, 6.45) is 3.97. The van der Waals surface area contributed by atoms with E-state index in [1.807, 2.05) is 38.5 Å². The Bertz CT molecular complexity index is 995. The van der Waals surface area contributed by atoms with Crippen molar-refractivity contribution in [1.29, 1.82) is 0 Å². The summed E-state index contributed by atoms with van der Waals surface area (Å²) in [4.78, 5) is 19.1. The quantitative estimate of drug-likeness (QED) is 0.655. The topological polar surface area (TPSA) is 54.5 Å². The minimum atomic E-state index is 0.0561. The minimum Gasteiger partial charge on any atom is -0.379 e. The lowest BCUT2D eigenvalue weighted by molar-refractivity contribution is -0.122. The SMILES string of the molecule is CN(C)c1ccc(CCC(=O)N[C@H]2COC[C@H]2Cc2ccnc3ccccc23)cc1. The molecule has 5 nitrogen and oxygen atoms in total. The van der Waals surface area contributed by atoms with Crippen LogP contribution in [-0.4, -0.2) is 44.2 Å². The summed E-state index contributed by atoms with van der Waals surface area (Å²) < 4.78 is 5.72. The van der Waals surface area contributed by atoms with E-state index in [9.17, 15) is 4.79 Å². The highest BCUT2D eigenvalue weighted by Gasteiger charge is 2.30. The van der Waals surface area contributed by atoms with Crippen molar-refractivity contribution in [2.75, 3.05) is 32.2 Å². The maximum atomic E-state index is 12.6. The first-order valence-corrected chi connectivity index (χ1v) is 10.6. The molecule has 156 valence electrons. The van der Waals surface area contributed by atoms with Crippen molar-refractivity contribution in [2.45, 2.75) is 25.3 Å². The Morgan fingerprint density at radius 3 is 2.70 bits per heavy atom. The number of anilines is 1. The number of benzene rings is 2. The summed E-state index contributed by atoms with van der Waals surface area (Å²) in [5, 5.41) is 4.39. The number of pyridine rings is 1. The van der Waals surface area contributed by atoms with Crippen molar-refractivity contribution in [3.8, 4) is 0 Å². The fourth-order valence-corrected chi connectivity index (χ4v) is 4.07. The maximum absolute atomic E-state index is 12.6. The summed E-state index contributed by atoms with van der Waals surface area (Å²) in [7, 11) is 4.05. The number of fused-ring (bicyclic) bond motifs is 1. The van der Waals surface area contributed by atoms with Crippen molar-refractivity contribution < 1.29 is 9.53 Å². The Hall–Kier alpha value is -2.92. The molecule has 1 saturated heterocycles. The molecule has 2 heterocycles. The second-order valence-electron chi connectivity index (χ2n) is 8.22. The van der Waals surface area contributed by atoms with Gasteiger partial charge in [-0.1, -0.05) is 30.3 Å². The molecule has 30 heavy (non-hydrogen) atoms. The summed E-state index contributed by atoms with van der Waals surface area (Å²) in [6.45, 7) is 1.25. The molecule has 1 aliphatic rings. The van der Waals surface area contributed by atoms with Gasteiger partial charge in [0.1, 0.15) is 0 Å². The fraction of sp³-hybridized carbons (Fsp3) is 0.360. The summed E-state index contributed by atoms with van der Waals surface area (Å²) in [5.41, 5.74) is 4.61. The Balaban J connectivity index is 1.34. The molecule has 0 spiro atoms. The van der Waals surface area contributed by atoms with E-state index in [2.05, 4.69) is 51.6 Å². The van der Waals surface area contributed by atoms with Crippen LogP contribution in [0.25, 0.3) is 10.9 Å². The predicted octanol–water partition coefficient (Wildman–Crippen LogP) is 3.61. The molecule has 1 N–H and O–H groups in total. The van der Waals surface area contributed by atoms with E-state index < -0.39 is 0 Å². The molecule has 0 aliphatic carbocycles. The molecule has 0 unspecified atom stereocenters. The minimum absolute atomic E-state index is 0.0561. The first-order valence-electron chi connectivity index (χ1n) is 10.6. The number of hydrogen-bond acceptors (Lipinski definition) is 4. The lowest BCUT2D eigenvalue weighted by atomic mass is 9.93. The number of carbonyl (C=O) groups excluding carboxylic acids is 1. The largest absolute Gasteiger partial charge is 0.379 e. The van der Waals surface area contributed by atoms with Crippen molar-refractivity contribution in [1.82, 2.24) is 10.3 Å². The average molecular weight is 404 g/mol. The Labute approximate surface area is 178 Å². The van der Waals surface area contributed by atoms with Crippen LogP contribution in [-0.2, 0) is 22.4 Å². The third-order valence-corrected chi connectivity index (χ3v) is 5.86. The normalized spacial score (nSPS) is 18.5. The van der Waals surface area contributed by atoms with Gasteiger partial charge in [-0.15, -0.1) is 0 Å². The highest BCUT2D eigenvalue weighted by Crippen LogP contribution is 2.24. The van der Waals surface area contributed by atoms with Gasteiger partial charge in [0.05, 0.1) is 24.8 Å². The van der Waals surface area contributed by atoms with Gasteiger partial charge in [-0.3, -0.25) is 9.78 Å². The van der Waals surface area contributed by atoms with Crippen LogP contribution in [0.3, 0.4) is 0 Å². The standard InChI is InChI=1S/C25H29N3O2/c1-28(2)21-10-7-18(8-11-21)9-12-25(29)27-24-17-30-16-20(24)15-19-13-14-26-23-6-4-3-5-22(19)23/h3-8,10-11,13-14,20,24H,9,12,15-17H2,1-2H3,(H,27,29)/t20-,24+/m1/s1. The smallest absolute Gasteiger partial charge is 0.220 e. The van der Waals surface area contributed by atoms with E-state index in [4.69, 9.17) is 4.74 Å². The highest BCUT2D eigenvalue weighted by molar-refractivity contribution is 5.82.